The monoisotopic (exact) mass is 525 g/mol. The zero-order valence-corrected chi connectivity index (χ0v) is 22.9. The maximum Gasteiger partial charge on any atom is 0.203 e. The third kappa shape index (κ3) is 4.72. The van der Waals surface area contributed by atoms with Crippen LogP contribution in [-0.4, -0.2) is 39.8 Å². The van der Waals surface area contributed by atoms with Gasteiger partial charge in [0, 0.05) is 12.0 Å². The number of nitriles is 1. The lowest BCUT2D eigenvalue weighted by atomic mass is 9.93. The van der Waals surface area contributed by atoms with Crippen molar-refractivity contribution in [1.29, 1.82) is 5.26 Å². The van der Waals surface area contributed by atoms with E-state index in [-0.39, 0.29) is 6.04 Å². The molecule has 39 heavy (non-hydrogen) atoms. The largest absolute Gasteiger partial charge is 0.496 e. The molecule has 0 fully saturated rings. The molecule has 0 amide bonds. The summed E-state index contributed by atoms with van der Waals surface area (Å²) >= 11 is 0. The number of anilines is 1. The maximum atomic E-state index is 9.32. The maximum absolute atomic E-state index is 9.32. The van der Waals surface area contributed by atoms with E-state index < -0.39 is 5.60 Å². The number of hydrazone groups is 1. The van der Waals surface area contributed by atoms with Gasteiger partial charge in [-0.3, -0.25) is 5.01 Å². The van der Waals surface area contributed by atoms with Gasteiger partial charge in [-0.1, -0.05) is 0 Å². The minimum absolute atomic E-state index is 0.188. The first kappa shape index (κ1) is 26.0. The van der Waals surface area contributed by atoms with Crippen molar-refractivity contribution >= 4 is 17.5 Å². The van der Waals surface area contributed by atoms with Crippen molar-refractivity contribution in [3.8, 4) is 34.8 Å². The summed E-state index contributed by atoms with van der Waals surface area (Å²) in [4.78, 5) is 0. The van der Waals surface area contributed by atoms with Crippen LogP contribution in [0, 0.1) is 11.3 Å². The summed E-state index contributed by atoms with van der Waals surface area (Å²) in [6.45, 7) is 4.04. The van der Waals surface area contributed by atoms with Crippen molar-refractivity contribution in [1.82, 2.24) is 0 Å². The van der Waals surface area contributed by atoms with E-state index in [4.69, 9.17) is 28.8 Å². The van der Waals surface area contributed by atoms with Crippen molar-refractivity contribution in [2.75, 3.05) is 33.4 Å². The summed E-state index contributed by atoms with van der Waals surface area (Å²) in [5, 5.41) is 16.4. The van der Waals surface area contributed by atoms with E-state index in [0.717, 1.165) is 39.6 Å². The fourth-order valence-electron chi connectivity index (χ4n) is 4.99. The van der Waals surface area contributed by atoms with Gasteiger partial charge >= 0.3 is 0 Å². The molecule has 0 aromatic heterocycles. The van der Waals surface area contributed by atoms with Crippen LogP contribution in [0.1, 0.15) is 48.6 Å². The van der Waals surface area contributed by atoms with Crippen LogP contribution in [0.2, 0.25) is 0 Å². The standard InChI is InChI=1S/C31H31N3O5/c1-31(2)14-13-23-26(35-3)12-11-22(29(23)39-31)24-17-25(34(33-24)21-9-7-19(18-32)8-10-21)20-15-27(36-4)30(38-6)28(16-20)37-5/h7-16,25H,17H2,1-6H3. The smallest absolute Gasteiger partial charge is 0.203 e. The Bertz CT molecular complexity index is 1480. The number of benzene rings is 3. The molecule has 0 saturated carbocycles. The molecule has 2 aliphatic heterocycles. The van der Waals surface area contributed by atoms with Gasteiger partial charge in [-0.05, 0) is 80.1 Å². The number of methoxy groups -OCH3 is 4. The SMILES string of the molecule is COc1ccc(C2=NN(c3ccc(C#N)cc3)C(c3cc(OC)c(OC)c(OC)c3)C2)c2c1C=CC(C)(C)O2. The average Bonchev–Trinajstić information content (AvgIpc) is 3.40. The van der Waals surface area contributed by atoms with Gasteiger partial charge in [-0.15, -0.1) is 0 Å². The van der Waals surface area contributed by atoms with Crippen LogP contribution in [0.5, 0.6) is 28.7 Å². The van der Waals surface area contributed by atoms with Gasteiger partial charge < -0.3 is 23.7 Å². The lowest BCUT2D eigenvalue weighted by Gasteiger charge is -2.30. The number of fused-ring (bicyclic) bond motifs is 1. The van der Waals surface area contributed by atoms with Crippen LogP contribution in [0.4, 0.5) is 5.69 Å². The van der Waals surface area contributed by atoms with Gasteiger partial charge in [0.05, 0.1) is 63.1 Å². The third-order valence-corrected chi connectivity index (χ3v) is 6.95. The Morgan fingerprint density at radius 2 is 1.59 bits per heavy atom. The Balaban J connectivity index is 1.65. The summed E-state index contributed by atoms with van der Waals surface area (Å²) in [7, 11) is 6.45. The molecule has 0 spiro atoms. The molecule has 8 nitrogen and oxygen atoms in total. The third-order valence-electron chi connectivity index (χ3n) is 6.95. The van der Waals surface area contributed by atoms with Crippen LogP contribution in [0.15, 0.2) is 59.7 Å². The van der Waals surface area contributed by atoms with Crippen LogP contribution in [-0.2, 0) is 0 Å². The van der Waals surface area contributed by atoms with Crippen LogP contribution in [0.25, 0.3) is 6.08 Å². The van der Waals surface area contributed by atoms with Gasteiger partial charge in [-0.25, -0.2) is 0 Å². The molecule has 200 valence electrons. The zero-order chi connectivity index (χ0) is 27.7. The second-order valence-electron chi connectivity index (χ2n) is 9.83. The predicted octanol–water partition coefficient (Wildman–Crippen LogP) is 6.13. The van der Waals surface area contributed by atoms with Crippen LogP contribution in [0.3, 0.4) is 0 Å². The molecule has 5 rings (SSSR count). The van der Waals surface area contributed by atoms with Crippen LogP contribution < -0.4 is 28.7 Å². The van der Waals surface area contributed by atoms with Crippen molar-refractivity contribution < 1.29 is 23.7 Å². The molecule has 3 aromatic rings. The molecule has 0 aliphatic carbocycles. The number of rotatable bonds is 7. The summed E-state index contributed by atoms with van der Waals surface area (Å²) < 4.78 is 28.9. The lowest BCUT2D eigenvalue weighted by Crippen LogP contribution is -2.28. The quantitative estimate of drug-likeness (QED) is 0.367. The summed E-state index contributed by atoms with van der Waals surface area (Å²) in [5.41, 5.74) is 4.55. The second-order valence-corrected chi connectivity index (χ2v) is 9.83. The molecule has 1 unspecified atom stereocenters. The molecule has 2 heterocycles. The first-order valence-corrected chi connectivity index (χ1v) is 12.6. The van der Waals surface area contributed by atoms with E-state index in [2.05, 4.69) is 6.07 Å². The fourth-order valence-corrected chi connectivity index (χ4v) is 4.99. The van der Waals surface area contributed by atoms with E-state index >= 15 is 0 Å². The highest BCUT2D eigenvalue weighted by Crippen LogP contribution is 2.46. The van der Waals surface area contributed by atoms with Gasteiger partial charge in [0.2, 0.25) is 5.75 Å². The van der Waals surface area contributed by atoms with E-state index in [0.29, 0.717) is 29.2 Å². The second kappa shape index (κ2) is 10.3. The summed E-state index contributed by atoms with van der Waals surface area (Å²) in [5.74, 6) is 3.14. The molecular weight excluding hydrogens is 494 g/mol. The number of nitrogens with zero attached hydrogens (tertiary/aromatic N) is 3. The highest BCUT2D eigenvalue weighted by atomic mass is 16.5. The van der Waals surface area contributed by atoms with E-state index in [1.807, 2.05) is 67.4 Å². The molecule has 3 aromatic carbocycles. The van der Waals surface area contributed by atoms with E-state index in [1.54, 1.807) is 40.6 Å². The molecular formula is C31H31N3O5. The molecule has 0 N–H and O–H groups in total. The number of ether oxygens (including phenoxy) is 5. The van der Waals surface area contributed by atoms with Gasteiger partial charge in [0.25, 0.3) is 0 Å². The number of hydrogen-bond acceptors (Lipinski definition) is 8. The topological polar surface area (TPSA) is 85.5 Å². The number of hydrogen-bond donors (Lipinski definition) is 0. The van der Waals surface area contributed by atoms with Crippen molar-refractivity contribution in [3.63, 3.8) is 0 Å². The zero-order valence-electron chi connectivity index (χ0n) is 22.9. The van der Waals surface area contributed by atoms with E-state index in [9.17, 15) is 5.26 Å². The normalized spacial score (nSPS) is 17.0. The minimum atomic E-state index is -0.476. The Morgan fingerprint density at radius 3 is 2.18 bits per heavy atom. The summed E-state index contributed by atoms with van der Waals surface area (Å²) in [6, 6.07) is 17.2. The van der Waals surface area contributed by atoms with Crippen LogP contribution >= 0.6 is 0 Å². The molecule has 0 bridgehead atoms. The van der Waals surface area contributed by atoms with Gasteiger partial charge in [-0.2, -0.15) is 10.4 Å². The Morgan fingerprint density at radius 1 is 0.923 bits per heavy atom. The fraction of sp³-hybridized carbons (Fsp3) is 0.290. The highest BCUT2D eigenvalue weighted by Gasteiger charge is 2.35. The first-order chi connectivity index (χ1) is 18.8. The van der Waals surface area contributed by atoms with E-state index in [1.165, 1.54) is 0 Å². The molecule has 0 radical (unpaired) electrons. The van der Waals surface area contributed by atoms with Crippen molar-refractivity contribution in [3.05, 3.63) is 76.9 Å². The Hall–Kier alpha value is -4.64. The first-order valence-electron chi connectivity index (χ1n) is 12.6. The van der Waals surface area contributed by atoms with Gasteiger partial charge in [0.1, 0.15) is 17.1 Å². The lowest BCUT2D eigenvalue weighted by molar-refractivity contribution is 0.158. The molecule has 8 heteroatoms. The Labute approximate surface area is 228 Å². The van der Waals surface area contributed by atoms with Crippen molar-refractivity contribution in [2.24, 2.45) is 5.10 Å². The van der Waals surface area contributed by atoms with Gasteiger partial charge in [0.15, 0.2) is 11.5 Å². The average molecular weight is 526 g/mol. The minimum Gasteiger partial charge on any atom is -0.496 e. The van der Waals surface area contributed by atoms with Crippen molar-refractivity contribution in [2.45, 2.75) is 31.9 Å². The Kier molecular flexibility index (Phi) is 6.83. The highest BCUT2D eigenvalue weighted by molar-refractivity contribution is 6.06. The molecule has 2 aliphatic rings. The predicted molar refractivity (Wildman–Crippen MR) is 150 cm³/mol. The molecule has 0 saturated heterocycles. The summed E-state index contributed by atoms with van der Waals surface area (Å²) in [6.07, 6.45) is 4.66. The molecule has 1 atom stereocenters.